The number of hydrogen-bond acceptors (Lipinski definition) is 10. The fourth-order valence-electron chi connectivity index (χ4n) is 4.88. The van der Waals surface area contributed by atoms with E-state index in [1.54, 1.807) is 35.7 Å². The predicted octanol–water partition coefficient (Wildman–Crippen LogP) is 11.6. The summed E-state index contributed by atoms with van der Waals surface area (Å²) < 4.78 is 3.65. The second kappa shape index (κ2) is 19.2. The minimum Gasteiger partial charge on any atom is -0.382 e. The third kappa shape index (κ3) is 10.3. The second-order valence-electron chi connectivity index (χ2n) is 11.1. The number of halogens is 2. The first-order valence-corrected chi connectivity index (χ1v) is 19.8. The number of benzene rings is 4. The number of aromatic nitrogens is 4. The first-order valence-electron chi connectivity index (χ1n) is 15.5. The average molecular weight is 822 g/mol. The van der Waals surface area contributed by atoms with Crippen molar-refractivity contribution in [3.8, 4) is 5.69 Å². The number of fused-ring (bicyclic) bond motifs is 1. The van der Waals surface area contributed by atoms with Crippen LogP contribution in [0, 0.1) is 13.8 Å². The maximum atomic E-state index is 12.9. The molecule has 0 spiro atoms. The Hall–Kier alpha value is -4.17. The van der Waals surface area contributed by atoms with E-state index in [0.717, 1.165) is 31.3 Å². The molecule has 0 aliphatic heterocycles. The van der Waals surface area contributed by atoms with E-state index in [4.69, 9.17) is 28.9 Å². The molecule has 274 valence electrons. The number of thioether (sulfide) groups is 2. The van der Waals surface area contributed by atoms with Crippen molar-refractivity contribution in [3.63, 3.8) is 0 Å². The number of nitrogens with one attached hydrogen (secondary N) is 1. The van der Waals surface area contributed by atoms with E-state index in [1.807, 2.05) is 74.5 Å². The van der Waals surface area contributed by atoms with E-state index in [9.17, 15) is 9.59 Å². The molecule has 0 bridgehead atoms. The molecular formula is C39H38Cl2N6O2S4. The van der Waals surface area contributed by atoms with E-state index < -0.39 is 0 Å². The number of nitrogen functional groups attached to an aromatic ring is 1. The lowest BCUT2D eigenvalue weighted by atomic mass is 10.2. The fraction of sp³-hybridized carbons (Fsp3) is 0.154. The van der Waals surface area contributed by atoms with Gasteiger partial charge in [-0.1, -0.05) is 147 Å². The number of anilines is 2. The SMILES string of the molecule is C.C.Cc1cccc(Cl)c1-n1cnc2nc(SCc3ccccc3)sc2c1=O.Cc1cccc(Cl)c1NC(=O)c1sc(SCc2ccccc2)nc1N. The lowest BCUT2D eigenvalue weighted by Crippen LogP contribution is -2.19. The van der Waals surface area contributed by atoms with Crippen molar-refractivity contribution in [2.45, 2.75) is 48.9 Å². The summed E-state index contributed by atoms with van der Waals surface area (Å²) in [5.74, 6) is 1.53. The van der Waals surface area contributed by atoms with Crippen molar-refractivity contribution in [2.24, 2.45) is 0 Å². The highest BCUT2D eigenvalue weighted by Gasteiger charge is 2.19. The average Bonchev–Trinajstić information content (AvgIpc) is 3.73. The molecular weight excluding hydrogens is 784 g/mol. The number of hydrogen-bond donors (Lipinski definition) is 2. The quantitative estimate of drug-likeness (QED) is 0.138. The van der Waals surface area contributed by atoms with E-state index in [-0.39, 0.29) is 32.1 Å². The molecule has 0 saturated carbocycles. The van der Waals surface area contributed by atoms with E-state index >= 15 is 0 Å². The summed E-state index contributed by atoms with van der Waals surface area (Å²) in [6.45, 7) is 3.81. The van der Waals surface area contributed by atoms with E-state index in [0.29, 0.717) is 36.6 Å². The Labute approximate surface area is 335 Å². The molecule has 0 aliphatic carbocycles. The lowest BCUT2D eigenvalue weighted by molar-refractivity contribution is 0.103. The van der Waals surface area contributed by atoms with Crippen molar-refractivity contribution < 1.29 is 4.79 Å². The van der Waals surface area contributed by atoms with Crippen LogP contribution in [0.25, 0.3) is 16.0 Å². The number of nitrogens with zero attached hydrogens (tertiary/aromatic N) is 4. The van der Waals surface area contributed by atoms with Crippen molar-refractivity contribution >= 4 is 97.2 Å². The van der Waals surface area contributed by atoms with Crippen LogP contribution in [0.15, 0.2) is 117 Å². The van der Waals surface area contributed by atoms with Gasteiger partial charge in [0.15, 0.2) is 14.3 Å². The Morgan fingerprint density at radius 3 is 1.92 bits per heavy atom. The molecule has 14 heteroatoms. The van der Waals surface area contributed by atoms with Gasteiger partial charge in [-0.05, 0) is 48.2 Å². The van der Waals surface area contributed by atoms with Crippen LogP contribution < -0.4 is 16.6 Å². The van der Waals surface area contributed by atoms with Gasteiger partial charge in [0.05, 0.1) is 21.4 Å². The first-order chi connectivity index (χ1) is 24.7. The van der Waals surface area contributed by atoms with Crippen molar-refractivity contribution in [3.05, 3.63) is 151 Å². The van der Waals surface area contributed by atoms with Crippen molar-refractivity contribution in [2.75, 3.05) is 11.1 Å². The molecule has 0 fully saturated rings. The second-order valence-corrected chi connectivity index (χ2v) is 16.3. The van der Waals surface area contributed by atoms with Crippen molar-refractivity contribution in [1.82, 2.24) is 19.5 Å². The summed E-state index contributed by atoms with van der Waals surface area (Å²) in [5.41, 5.74) is 11.8. The highest BCUT2D eigenvalue weighted by Crippen LogP contribution is 2.33. The molecule has 8 nitrogen and oxygen atoms in total. The Morgan fingerprint density at radius 1 is 0.774 bits per heavy atom. The van der Waals surface area contributed by atoms with Gasteiger partial charge in [-0.25, -0.2) is 15.0 Å². The molecule has 0 saturated heterocycles. The molecule has 7 aromatic rings. The zero-order valence-corrected chi connectivity index (χ0v) is 32.1. The van der Waals surface area contributed by atoms with Crippen LogP contribution in [0.5, 0.6) is 0 Å². The third-order valence-corrected chi connectivity index (χ3v) is 12.6. The van der Waals surface area contributed by atoms with Crippen LogP contribution in [0.1, 0.15) is 46.8 Å². The zero-order chi connectivity index (χ0) is 35.9. The van der Waals surface area contributed by atoms with Crippen molar-refractivity contribution in [1.29, 1.82) is 0 Å². The number of para-hydroxylation sites is 2. The molecule has 4 aromatic carbocycles. The van der Waals surface area contributed by atoms with Gasteiger partial charge in [0, 0.05) is 11.5 Å². The Bertz CT molecular complexity index is 2330. The molecule has 3 aromatic heterocycles. The van der Waals surface area contributed by atoms with Gasteiger partial charge in [0.2, 0.25) is 0 Å². The molecule has 3 heterocycles. The van der Waals surface area contributed by atoms with Gasteiger partial charge < -0.3 is 11.1 Å². The minimum absolute atomic E-state index is 0. The maximum Gasteiger partial charge on any atom is 0.277 e. The number of thiazole rings is 2. The number of nitrogens with two attached hydrogens (primary N) is 1. The summed E-state index contributed by atoms with van der Waals surface area (Å²) in [4.78, 5) is 39.0. The van der Waals surface area contributed by atoms with Gasteiger partial charge >= 0.3 is 0 Å². The monoisotopic (exact) mass is 820 g/mol. The summed E-state index contributed by atoms with van der Waals surface area (Å²) in [6, 6.07) is 31.3. The van der Waals surface area contributed by atoms with Crippen LogP contribution in [0.2, 0.25) is 10.0 Å². The molecule has 0 unspecified atom stereocenters. The van der Waals surface area contributed by atoms with Gasteiger partial charge in [-0.15, -0.1) is 22.7 Å². The summed E-state index contributed by atoms with van der Waals surface area (Å²) in [6.07, 6.45) is 1.50. The van der Waals surface area contributed by atoms with Gasteiger partial charge in [-0.2, -0.15) is 0 Å². The van der Waals surface area contributed by atoms with Crippen LogP contribution in [-0.4, -0.2) is 25.4 Å². The molecule has 0 atom stereocenters. The molecule has 3 N–H and O–H groups in total. The summed E-state index contributed by atoms with van der Waals surface area (Å²) >= 11 is 18.3. The smallest absolute Gasteiger partial charge is 0.277 e. The van der Waals surface area contributed by atoms with Crippen LogP contribution >= 0.6 is 69.4 Å². The topological polar surface area (TPSA) is 116 Å². The fourth-order valence-corrected chi connectivity index (χ4v) is 9.36. The highest BCUT2D eigenvalue weighted by molar-refractivity contribution is 8.00. The Kier molecular flexibility index (Phi) is 15.1. The maximum absolute atomic E-state index is 12.9. The number of amides is 1. The Morgan fingerprint density at radius 2 is 1.34 bits per heavy atom. The standard InChI is InChI=1S/C19H14ClN3OS2.C18H16ClN3OS2.2CH4/c1-12-6-5-9-14(20)15(12)23-11-21-17-16(18(23)24)26-19(22-17)25-10-13-7-3-2-4-8-13;1-11-6-5-9-13(19)14(11)21-17(23)15-16(20)22-18(25-15)24-10-12-7-3-2-4-8-12;;/h2-9,11H,10H2,1H3;2-9H,10,20H2,1H3,(H,21,23);2*1H4. The summed E-state index contributed by atoms with van der Waals surface area (Å²) in [5, 5.41) is 3.85. The third-order valence-electron chi connectivity index (χ3n) is 7.44. The van der Waals surface area contributed by atoms with E-state index in [1.165, 1.54) is 44.7 Å². The minimum atomic E-state index is -0.294. The van der Waals surface area contributed by atoms with E-state index in [2.05, 4.69) is 44.5 Å². The normalized spacial score (nSPS) is 10.5. The number of carbonyl (C=O) groups excluding carboxylic acids is 1. The van der Waals surface area contributed by atoms with Gasteiger partial charge in [0.25, 0.3) is 11.5 Å². The van der Waals surface area contributed by atoms with Crippen LogP contribution in [0.3, 0.4) is 0 Å². The van der Waals surface area contributed by atoms with Gasteiger partial charge in [0.1, 0.15) is 21.7 Å². The largest absolute Gasteiger partial charge is 0.382 e. The Balaban J connectivity index is 0.000000228. The van der Waals surface area contributed by atoms with Crippen LogP contribution in [-0.2, 0) is 11.5 Å². The predicted molar refractivity (Wildman–Crippen MR) is 229 cm³/mol. The summed E-state index contributed by atoms with van der Waals surface area (Å²) in [7, 11) is 0. The molecule has 0 radical (unpaired) electrons. The lowest BCUT2D eigenvalue weighted by Gasteiger charge is -2.10. The highest BCUT2D eigenvalue weighted by atomic mass is 35.5. The molecule has 7 rings (SSSR count). The molecule has 0 aliphatic rings. The number of carbonyl (C=O) groups is 1. The van der Waals surface area contributed by atoms with Gasteiger partial charge in [-0.3, -0.25) is 14.2 Å². The zero-order valence-electron chi connectivity index (χ0n) is 27.3. The number of aryl methyl sites for hydroxylation is 2. The first kappa shape index (κ1) is 41.6. The molecule has 53 heavy (non-hydrogen) atoms. The number of rotatable bonds is 9. The molecule has 1 amide bonds. The van der Waals surface area contributed by atoms with Crippen LogP contribution in [0.4, 0.5) is 11.5 Å².